The van der Waals surface area contributed by atoms with E-state index in [0.717, 1.165) is 24.0 Å². The van der Waals surface area contributed by atoms with Gasteiger partial charge in [-0.25, -0.2) is 4.39 Å². The van der Waals surface area contributed by atoms with Gasteiger partial charge in [-0.3, -0.25) is 0 Å². The highest BCUT2D eigenvalue weighted by Gasteiger charge is 2.23. The van der Waals surface area contributed by atoms with E-state index in [4.69, 9.17) is 0 Å². The largest absolute Gasteiger partial charge is 0.303 e. The number of aryl methyl sites for hydroxylation is 1. The van der Waals surface area contributed by atoms with Crippen LogP contribution in [0.4, 0.5) is 4.39 Å². The summed E-state index contributed by atoms with van der Waals surface area (Å²) in [5.41, 5.74) is 2.28. The normalized spacial score (nSPS) is 18.5. The number of benzene rings is 1. The lowest BCUT2D eigenvalue weighted by molar-refractivity contribution is 0.126. The van der Waals surface area contributed by atoms with E-state index in [-0.39, 0.29) is 5.82 Å². The van der Waals surface area contributed by atoms with Crippen molar-refractivity contribution in [2.24, 2.45) is 5.41 Å². The molecule has 0 N–H and O–H groups in total. The minimum atomic E-state index is -0.0792. The molecule has 1 aliphatic heterocycles. The highest BCUT2D eigenvalue weighted by molar-refractivity contribution is 5.24. The molecule has 0 aliphatic carbocycles. The highest BCUT2D eigenvalue weighted by Crippen LogP contribution is 2.20. The number of likely N-dealkylation sites (N-methyl/N-ethyl adjacent to an activating group) is 1. The molecule has 1 nitrogen and oxygen atoms in total. The molecule has 1 heterocycles. The van der Waals surface area contributed by atoms with Crippen molar-refractivity contribution in [3.05, 3.63) is 47.8 Å². The number of halogens is 1. The van der Waals surface area contributed by atoms with Crippen LogP contribution in [0.5, 0.6) is 0 Å². The SMILES string of the molecule is C=CCC(C)(C)C.Cc1ccc(CC2CCN2C)cc1F. The Kier molecular flexibility index (Phi) is 6.60. The Hall–Kier alpha value is -1.15. The van der Waals surface area contributed by atoms with Gasteiger partial charge in [0.1, 0.15) is 5.82 Å². The van der Waals surface area contributed by atoms with Gasteiger partial charge in [-0.2, -0.15) is 0 Å². The molecule has 1 aliphatic rings. The van der Waals surface area contributed by atoms with Gasteiger partial charge in [0, 0.05) is 6.04 Å². The molecule has 0 aromatic heterocycles. The standard InChI is InChI=1S/C12H16FN.C7H14/c1-9-3-4-10(8-12(9)13)7-11-5-6-14(11)2;1-5-6-7(2,3)4/h3-4,8,11H,5-7H2,1-2H3;5H,1,6H2,2-4H3. The maximum atomic E-state index is 13.2. The first-order chi connectivity index (χ1) is 9.73. The van der Waals surface area contributed by atoms with Gasteiger partial charge >= 0.3 is 0 Å². The predicted molar refractivity (Wildman–Crippen MR) is 90.1 cm³/mol. The van der Waals surface area contributed by atoms with Crippen LogP contribution in [-0.2, 0) is 6.42 Å². The summed E-state index contributed by atoms with van der Waals surface area (Å²) >= 11 is 0. The fourth-order valence-corrected chi connectivity index (χ4v) is 2.30. The second-order valence-electron chi connectivity index (χ2n) is 7.26. The third-order valence-corrected chi connectivity index (χ3v) is 3.90. The number of allylic oxidation sites excluding steroid dienone is 1. The Morgan fingerprint density at radius 2 is 2.05 bits per heavy atom. The molecule has 1 aromatic rings. The van der Waals surface area contributed by atoms with E-state index in [0.29, 0.717) is 11.5 Å². The van der Waals surface area contributed by atoms with Crippen molar-refractivity contribution < 1.29 is 4.39 Å². The maximum absolute atomic E-state index is 13.2. The van der Waals surface area contributed by atoms with Crippen LogP contribution in [0.1, 0.15) is 44.7 Å². The third-order valence-electron chi connectivity index (χ3n) is 3.90. The summed E-state index contributed by atoms with van der Waals surface area (Å²) in [6.45, 7) is 13.2. The van der Waals surface area contributed by atoms with Crippen molar-refractivity contribution in [2.45, 2.75) is 53.0 Å². The van der Waals surface area contributed by atoms with Gasteiger partial charge in [-0.05, 0) is 62.4 Å². The number of rotatable bonds is 3. The van der Waals surface area contributed by atoms with Crippen molar-refractivity contribution in [1.29, 1.82) is 0 Å². The third kappa shape index (κ3) is 6.43. The monoisotopic (exact) mass is 291 g/mol. The molecular weight excluding hydrogens is 261 g/mol. The van der Waals surface area contributed by atoms with Crippen molar-refractivity contribution in [1.82, 2.24) is 4.90 Å². The lowest BCUT2D eigenvalue weighted by Gasteiger charge is -2.38. The highest BCUT2D eigenvalue weighted by atomic mass is 19.1. The number of hydrogen-bond donors (Lipinski definition) is 0. The first-order valence-corrected chi connectivity index (χ1v) is 7.79. The molecule has 2 heteroatoms. The molecule has 1 unspecified atom stereocenters. The summed E-state index contributed by atoms with van der Waals surface area (Å²) in [4.78, 5) is 2.32. The fraction of sp³-hybridized carbons (Fsp3) is 0.579. The van der Waals surface area contributed by atoms with Crippen LogP contribution in [0, 0.1) is 18.2 Å². The maximum Gasteiger partial charge on any atom is 0.126 e. The van der Waals surface area contributed by atoms with Crippen LogP contribution in [-0.4, -0.2) is 24.5 Å². The van der Waals surface area contributed by atoms with Crippen LogP contribution in [0.15, 0.2) is 30.9 Å². The van der Waals surface area contributed by atoms with Crippen molar-refractivity contribution in [2.75, 3.05) is 13.6 Å². The Morgan fingerprint density at radius 1 is 1.38 bits per heavy atom. The summed E-state index contributed by atoms with van der Waals surface area (Å²) < 4.78 is 13.2. The minimum absolute atomic E-state index is 0.0792. The molecule has 21 heavy (non-hydrogen) atoms. The summed E-state index contributed by atoms with van der Waals surface area (Å²) in [7, 11) is 2.12. The molecule has 2 rings (SSSR count). The van der Waals surface area contributed by atoms with Crippen molar-refractivity contribution in [3.63, 3.8) is 0 Å². The molecule has 0 saturated carbocycles. The van der Waals surface area contributed by atoms with E-state index in [1.54, 1.807) is 13.0 Å². The Morgan fingerprint density at radius 3 is 2.38 bits per heavy atom. The zero-order valence-corrected chi connectivity index (χ0v) is 14.2. The minimum Gasteiger partial charge on any atom is -0.303 e. The van der Waals surface area contributed by atoms with Crippen LogP contribution in [0.3, 0.4) is 0 Å². The molecule has 1 fully saturated rings. The summed E-state index contributed by atoms with van der Waals surface area (Å²) in [6, 6.07) is 6.19. The van der Waals surface area contributed by atoms with Gasteiger partial charge in [0.2, 0.25) is 0 Å². The van der Waals surface area contributed by atoms with E-state index >= 15 is 0 Å². The second-order valence-corrected chi connectivity index (χ2v) is 7.26. The molecule has 1 atom stereocenters. The molecule has 1 aromatic carbocycles. The molecule has 1 saturated heterocycles. The summed E-state index contributed by atoms with van der Waals surface area (Å²) in [5.74, 6) is -0.0792. The summed E-state index contributed by atoms with van der Waals surface area (Å²) in [5, 5.41) is 0. The number of likely N-dealkylation sites (tertiary alicyclic amines) is 1. The molecule has 0 amide bonds. The molecule has 118 valence electrons. The van der Waals surface area contributed by atoms with Crippen LogP contribution in [0.25, 0.3) is 0 Å². The van der Waals surface area contributed by atoms with Gasteiger partial charge in [0.25, 0.3) is 0 Å². The Bertz CT molecular complexity index is 459. The van der Waals surface area contributed by atoms with Gasteiger partial charge in [0.15, 0.2) is 0 Å². The van der Waals surface area contributed by atoms with Gasteiger partial charge < -0.3 is 4.90 Å². The van der Waals surface area contributed by atoms with E-state index in [9.17, 15) is 4.39 Å². The molecular formula is C19H30FN. The predicted octanol–water partition coefficient (Wildman–Crippen LogP) is 4.99. The number of nitrogens with zero attached hydrogens (tertiary/aromatic N) is 1. The smallest absolute Gasteiger partial charge is 0.126 e. The molecule has 0 spiro atoms. The van der Waals surface area contributed by atoms with E-state index in [2.05, 4.69) is 39.3 Å². The van der Waals surface area contributed by atoms with Gasteiger partial charge in [0.05, 0.1) is 0 Å². The van der Waals surface area contributed by atoms with Crippen LogP contribution < -0.4 is 0 Å². The Balaban J connectivity index is 0.000000270. The van der Waals surface area contributed by atoms with Gasteiger partial charge in [-0.1, -0.05) is 39.0 Å². The zero-order valence-electron chi connectivity index (χ0n) is 14.2. The first kappa shape index (κ1) is 17.9. The van der Waals surface area contributed by atoms with Crippen molar-refractivity contribution in [3.8, 4) is 0 Å². The average Bonchev–Trinajstić information content (AvgIpc) is 2.37. The quantitative estimate of drug-likeness (QED) is 0.709. The number of hydrogen-bond acceptors (Lipinski definition) is 1. The van der Waals surface area contributed by atoms with Crippen LogP contribution >= 0.6 is 0 Å². The van der Waals surface area contributed by atoms with Crippen LogP contribution in [0.2, 0.25) is 0 Å². The van der Waals surface area contributed by atoms with Gasteiger partial charge in [-0.15, -0.1) is 6.58 Å². The fourth-order valence-electron chi connectivity index (χ4n) is 2.30. The molecule has 0 radical (unpaired) electrons. The van der Waals surface area contributed by atoms with E-state index in [1.807, 2.05) is 18.2 Å². The second kappa shape index (κ2) is 7.74. The average molecular weight is 291 g/mol. The first-order valence-electron chi connectivity index (χ1n) is 7.79. The summed E-state index contributed by atoms with van der Waals surface area (Å²) in [6.07, 6.45) is 5.28. The zero-order chi connectivity index (χ0) is 16.0. The van der Waals surface area contributed by atoms with E-state index < -0.39 is 0 Å². The molecule has 0 bridgehead atoms. The Labute approximate surface area is 129 Å². The topological polar surface area (TPSA) is 3.24 Å². The lowest BCUT2D eigenvalue weighted by atomic mass is 9.93. The lowest BCUT2D eigenvalue weighted by Crippen LogP contribution is -2.45. The van der Waals surface area contributed by atoms with Crippen molar-refractivity contribution >= 4 is 0 Å². The van der Waals surface area contributed by atoms with E-state index in [1.165, 1.54) is 13.0 Å².